The summed E-state index contributed by atoms with van der Waals surface area (Å²) in [5.41, 5.74) is 0.920. The molecule has 1 aromatic carbocycles. The number of benzene rings is 1. The highest BCUT2D eigenvalue weighted by Crippen LogP contribution is 2.24. The van der Waals surface area contributed by atoms with Gasteiger partial charge in [0.05, 0.1) is 11.3 Å². The van der Waals surface area contributed by atoms with Gasteiger partial charge >= 0.3 is 0 Å². The second-order valence-electron chi connectivity index (χ2n) is 3.38. The Labute approximate surface area is 98.3 Å². The summed E-state index contributed by atoms with van der Waals surface area (Å²) in [5.74, 6) is 0.727. The SMILES string of the molecule is CCC(=O)CSc1ncnc2ccccc12. The van der Waals surface area contributed by atoms with Crippen molar-refractivity contribution in [3.8, 4) is 0 Å². The fourth-order valence-electron chi connectivity index (χ4n) is 1.35. The van der Waals surface area contributed by atoms with Crippen molar-refractivity contribution in [1.29, 1.82) is 0 Å². The molecule has 0 aliphatic rings. The Morgan fingerprint density at radius 1 is 1.31 bits per heavy atom. The first-order chi connectivity index (χ1) is 7.81. The van der Waals surface area contributed by atoms with Crippen molar-refractivity contribution in [2.24, 2.45) is 0 Å². The summed E-state index contributed by atoms with van der Waals surface area (Å²) in [6.45, 7) is 1.88. The maximum atomic E-state index is 11.3. The molecule has 0 radical (unpaired) electrons. The summed E-state index contributed by atoms with van der Waals surface area (Å²) in [7, 11) is 0. The minimum absolute atomic E-state index is 0.243. The van der Waals surface area contributed by atoms with Gasteiger partial charge in [-0.3, -0.25) is 4.79 Å². The Hall–Kier alpha value is -1.42. The van der Waals surface area contributed by atoms with Crippen LogP contribution in [-0.4, -0.2) is 21.5 Å². The van der Waals surface area contributed by atoms with E-state index in [1.54, 1.807) is 6.33 Å². The Kier molecular flexibility index (Phi) is 3.51. The van der Waals surface area contributed by atoms with Crippen LogP contribution in [0, 0.1) is 0 Å². The van der Waals surface area contributed by atoms with Gasteiger partial charge in [-0.1, -0.05) is 36.9 Å². The van der Waals surface area contributed by atoms with E-state index in [-0.39, 0.29) is 5.78 Å². The third-order valence-electron chi connectivity index (χ3n) is 2.27. The van der Waals surface area contributed by atoms with Crippen LogP contribution >= 0.6 is 11.8 Å². The molecule has 3 nitrogen and oxygen atoms in total. The lowest BCUT2D eigenvalue weighted by Gasteiger charge is -2.03. The Morgan fingerprint density at radius 2 is 2.12 bits per heavy atom. The highest BCUT2D eigenvalue weighted by molar-refractivity contribution is 8.00. The van der Waals surface area contributed by atoms with E-state index in [0.717, 1.165) is 15.9 Å². The number of rotatable bonds is 4. The minimum Gasteiger partial charge on any atom is -0.299 e. The Bertz CT molecular complexity index is 508. The van der Waals surface area contributed by atoms with E-state index in [1.807, 2.05) is 31.2 Å². The number of Topliss-reactive ketones (excluding diaryl/α,β-unsaturated/α-hetero) is 1. The van der Waals surface area contributed by atoms with Gasteiger partial charge in [-0.25, -0.2) is 9.97 Å². The van der Waals surface area contributed by atoms with E-state index >= 15 is 0 Å². The maximum Gasteiger partial charge on any atom is 0.142 e. The number of para-hydroxylation sites is 1. The molecule has 0 saturated heterocycles. The van der Waals surface area contributed by atoms with Gasteiger partial charge in [0.25, 0.3) is 0 Å². The van der Waals surface area contributed by atoms with Gasteiger partial charge in [-0.2, -0.15) is 0 Å². The zero-order valence-electron chi connectivity index (χ0n) is 9.01. The second-order valence-corrected chi connectivity index (χ2v) is 4.34. The molecule has 0 spiro atoms. The van der Waals surface area contributed by atoms with Crippen molar-refractivity contribution in [3.63, 3.8) is 0 Å². The Balaban J connectivity index is 2.27. The molecule has 0 saturated carbocycles. The molecule has 2 aromatic rings. The molecule has 82 valence electrons. The maximum absolute atomic E-state index is 11.3. The van der Waals surface area contributed by atoms with E-state index in [0.29, 0.717) is 12.2 Å². The number of aromatic nitrogens is 2. The monoisotopic (exact) mass is 232 g/mol. The molecular formula is C12H12N2OS. The number of hydrogen-bond acceptors (Lipinski definition) is 4. The lowest BCUT2D eigenvalue weighted by Crippen LogP contribution is -1.99. The van der Waals surface area contributed by atoms with Crippen LogP contribution in [-0.2, 0) is 4.79 Å². The number of ketones is 1. The van der Waals surface area contributed by atoms with Crippen molar-refractivity contribution in [2.45, 2.75) is 18.4 Å². The number of thioether (sulfide) groups is 1. The van der Waals surface area contributed by atoms with E-state index < -0.39 is 0 Å². The fraction of sp³-hybridized carbons (Fsp3) is 0.250. The molecule has 0 fully saturated rings. The molecule has 0 atom stereocenters. The van der Waals surface area contributed by atoms with Gasteiger partial charge < -0.3 is 0 Å². The number of hydrogen-bond donors (Lipinski definition) is 0. The van der Waals surface area contributed by atoms with Crippen molar-refractivity contribution in [1.82, 2.24) is 9.97 Å². The van der Waals surface area contributed by atoms with Crippen LogP contribution in [0.3, 0.4) is 0 Å². The van der Waals surface area contributed by atoms with E-state index in [4.69, 9.17) is 0 Å². The largest absolute Gasteiger partial charge is 0.299 e. The van der Waals surface area contributed by atoms with Crippen molar-refractivity contribution in [2.75, 3.05) is 5.75 Å². The molecule has 4 heteroatoms. The van der Waals surface area contributed by atoms with E-state index in [9.17, 15) is 4.79 Å². The van der Waals surface area contributed by atoms with Crippen LogP contribution in [0.1, 0.15) is 13.3 Å². The molecule has 1 aromatic heterocycles. The normalized spacial score (nSPS) is 10.6. The zero-order chi connectivity index (χ0) is 11.4. The zero-order valence-corrected chi connectivity index (χ0v) is 9.83. The van der Waals surface area contributed by atoms with E-state index in [1.165, 1.54) is 11.8 Å². The molecule has 0 unspecified atom stereocenters. The molecule has 0 N–H and O–H groups in total. The van der Waals surface area contributed by atoms with Crippen LogP contribution in [0.4, 0.5) is 0 Å². The number of carbonyl (C=O) groups excluding carboxylic acids is 1. The smallest absolute Gasteiger partial charge is 0.142 e. The van der Waals surface area contributed by atoms with Crippen molar-refractivity contribution < 1.29 is 4.79 Å². The standard InChI is InChI=1S/C12H12N2OS/c1-2-9(15)7-16-12-10-5-3-4-6-11(10)13-8-14-12/h3-6,8H,2,7H2,1H3. The molecule has 1 heterocycles. The van der Waals surface area contributed by atoms with Gasteiger partial charge in [-0.15, -0.1) is 0 Å². The van der Waals surface area contributed by atoms with Gasteiger partial charge in [0.1, 0.15) is 17.1 Å². The topological polar surface area (TPSA) is 42.9 Å². The average molecular weight is 232 g/mol. The fourth-order valence-corrected chi connectivity index (χ4v) is 2.30. The van der Waals surface area contributed by atoms with Crippen LogP contribution in [0.5, 0.6) is 0 Å². The quantitative estimate of drug-likeness (QED) is 0.600. The summed E-state index contributed by atoms with van der Waals surface area (Å²) in [5, 5.41) is 1.89. The molecule has 16 heavy (non-hydrogen) atoms. The van der Waals surface area contributed by atoms with Gasteiger partial charge in [0, 0.05) is 11.8 Å². The molecule has 0 aliphatic heterocycles. The highest BCUT2D eigenvalue weighted by atomic mass is 32.2. The molecule has 0 amide bonds. The van der Waals surface area contributed by atoms with Crippen LogP contribution in [0.2, 0.25) is 0 Å². The lowest BCUT2D eigenvalue weighted by atomic mass is 10.2. The van der Waals surface area contributed by atoms with Crippen LogP contribution < -0.4 is 0 Å². The molecule has 2 rings (SSSR count). The summed E-state index contributed by atoms with van der Waals surface area (Å²) in [4.78, 5) is 19.6. The predicted octanol–water partition coefficient (Wildman–Crippen LogP) is 2.70. The first-order valence-electron chi connectivity index (χ1n) is 5.15. The van der Waals surface area contributed by atoms with Gasteiger partial charge in [0.2, 0.25) is 0 Å². The number of fused-ring (bicyclic) bond motifs is 1. The third kappa shape index (κ3) is 2.39. The minimum atomic E-state index is 0.243. The first kappa shape index (κ1) is 11.1. The molecule has 0 bridgehead atoms. The Morgan fingerprint density at radius 3 is 2.94 bits per heavy atom. The van der Waals surface area contributed by atoms with Crippen LogP contribution in [0.15, 0.2) is 35.6 Å². The number of carbonyl (C=O) groups is 1. The summed E-state index contributed by atoms with van der Waals surface area (Å²) in [6, 6.07) is 7.83. The molecule has 0 aliphatic carbocycles. The van der Waals surface area contributed by atoms with Gasteiger partial charge in [0.15, 0.2) is 0 Å². The predicted molar refractivity (Wildman–Crippen MR) is 65.6 cm³/mol. The first-order valence-corrected chi connectivity index (χ1v) is 6.14. The average Bonchev–Trinajstić information content (AvgIpc) is 2.35. The molecular weight excluding hydrogens is 220 g/mol. The lowest BCUT2D eigenvalue weighted by molar-refractivity contribution is -0.116. The third-order valence-corrected chi connectivity index (χ3v) is 3.34. The summed E-state index contributed by atoms with van der Waals surface area (Å²) in [6.07, 6.45) is 2.12. The summed E-state index contributed by atoms with van der Waals surface area (Å²) < 4.78 is 0. The highest BCUT2D eigenvalue weighted by Gasteiger charge is 2.05. The van der Waals surface area contributed by atoms with Crippen molar-refractivity contribution in [3.05, 3.63) is 30.6 Å². The van der Waals surface area contributed by atoms with Crippen LogP contribution in [0.25, 0.3) is 10.9 Å². The number of nitrogens with zero attached hydrogens (tertiary/aromatic N) is 2. The van der Waals surface area contributed by atoms with Gasteiger partial charge in [-0.05, 0) is 6.07 Å². The van der Waals surface area contributed by atoms with E-state index in [2.05, 4.69) is 9.97 Å². The summed E-state index contributed by atoms with van der Waals surface area (Å²) >= 11 is 1.48. The second kappa shape index (κ2) is 5.07. The van der Waals surface area contributed by atoms with Crippen molar-refractivity contribution >= 4 is 28.4 Å².